The molecule has 1 atom stereocenters. The number of ether oxygens (including phenoxy) is 1. The van der Waals surface area contributed by atoms with Gasteiger partial charge in [0, 0.05) is 19.6 Å². The lowest BCUT2D eigenvalue weighted by atomic mass is 10.1. The first kappa shape index (κ1) is 15.5. The molecule has 0 spiro atoms. The first-order chi connectivity index (χ1) is 10.8. The second kappa shape index (κ2) is 7.73. The summed E-state index contributed by atoms with van der Waals surface area (Å²) in [5, 5.41) is 12.9. The molecule has 1 aliphatic rings. The molecule has 1 saturated heterocycles. The summed E-state index contributed by atoms with van der Waals surface area (Å²) in [5.74, 6) is 0. The van der Waals surface area contributed by atoms with E-state index < -0.39 is 0 Å². The van der Waals surface area contributed by atoms with Crippen LogP contribution in [0.15, 0.2) is 34.3 Å². The zero-order chi connectivity index (χ0) is 15.2. The van der Waals surface area contributed by atoms with Gasteiger partial charge in [0.05, 0.1) is 24.3 Å². The Bertz CT molecular complexity index is 566. The maximum Gasteiger partial charge on any atom is 0.319 e. The predicted molar refractivity (Wildman–Crippen MR) is 90.8 cm³/mol. The van der Waals surface area contributed by atoms with Crippen LogP contribution in [0.5, 0.6) is 0 Å². The molecule has 3 rings (SSSR count). The molecule has 2 amide bonds. The molecule has 0 unspecified atom stereocenters. The number of nitrogens with one attached hydrogen (secondary N) is 2. The Morgan fingerprint density at radius 2 is 2.18 bits per heavy atom. The van der Waals surface area contributed by atoms with Crippen molar-refractivity contribution < 1.29 is 9.53 Å². The predicted octanol–water partition coefficient (Wildman–Crippen LogP) is 3.00. The van der Waals surface area contributed by atoms with Crippen molar-refractivity contribution in [2.45, 2.75) is 6.04 Å². The number of nitrogens with zero attached hydrogens (tertiary/aromatic N) is 1. The molecular weight excluding hydrogens is 318 g/mol. The van der Waals surface area contributed by atoms with E-state index in [0.29, 0.717) is 6.54 Å². The van der Waals surface area contributed by atoms with Crippen LogP contribution in [0.4, 0.5) is 9.80 Å². The molecule has 0 aliphatic carbocycles. The van der Waals surface area contributed by atoms with E-state index in [1.54, 1.807) is 11.3 Å². The summed E-state index contributed by atoms with van der Waals surface area (Å²) < 4.78 is 5.43. The average Bonchev–Trinajstić information content (AvgIpc) is 3.22. The highest BCUT2D eigenvalue weighted by atomic mass is 32.1. The van der Waals surface area contributed by atoms with Gasteiger partial charge in [0.1, 0.15) is 0 Å². The van der Waals surface area contributed by atoms with Gasteiger partial charge in [0.2, 0.25) is 0 Å². The first-order valence-electron chi connectivity index (χ1n) is 7.25. The molecule has 1 aliphatic heterocycles. The van der Waals surface area contributed by atoms with Crippen molar-refractivity contribution in [3.8, 4) is 0 Å². The zero-order valence-corrected chi connectivity index (χ0v) is 13.8. The third kappa shape index (κ3) is 4.07. The molecule has 1 fully saturated rings. The van der Waals surface area contributed by atoms with Crippen LogP contribution in [0.2, 0.25) is 0 Å². The number of amides is 2. The minimum Gasteiger partial charge on any atom is -0.379 e. The lowest BCUT2D eigenvalue weighted by Crippen LogP contribution is -2.44. The minimum absolute atomic E-state index is 0.157. The number of rotatable bonds is 5. The van der Waals surface area contributed by atoms with E-state index >= 15 is 0 Å². The van der Waals surface area contributed by atoms with Gasteiger partial charge in [0.25, 0.3) is 0 Å². The number of hydrogen-bond donors (Lipinski definition) is 2. The highest BCUT2D eigenvalue weighted by molar-refractivity contribution is 7.14. The fourth-order valence-electron chi connectivity index (χ4n) is 2.51. The van der Waals surface area contributed by atoms with Gasteiger partial charge in [-0.2, -0.15) is 11.3 Å². The van der Waals surface area contributed by atoms with Gasteiger partial charge in [0.15, 0.2) is 0 Å². The van der Waals surface area contributed by atoms with Crippen molar-refractivity contribution in [2.24, 2.45) is 0 Å². The van der Waals surface area contributed by atoms with Crippen molar-refractivity contribution in [3.05, 3.63) is 39.9 Å². The number of carbonyl (C=O) groups is 1. The SMILES string of the molecule is O=C(NC[C@@H](c1ccsc1)N1CCOCC1)Nc1cccs1. The van der Waals surface area contributed by atoms with E-state index in [0.717, 1.165) is 31.3 Å². The van der Waals surface area contributed by atoms with Gasteiger partial charge >= 0.3 is 6.03 Å². The fourth-order valence-corrected chi connectivity index (χ4v) is 3.83. The van der Waals surface area contributed by atoms with Crippen molar-refractivity contribution in [3.63, 3.8) is 0 Å². The number of thiophene rings is 2. The Labute approximate surface area is 137 Å². The summed E-state index contributed by atoms with van der Waals surface area (Å²) in [4.78, 5) is 14.4. The summed E-state index contributed by atoms with van der Waals surface area (Å²) in [6.07, 6.45) is 0. The van der Waals surface area contributed by atoms with E-state index in [9.17, 15) is 4.79 Å². The Hall–Kier alpha value is -1.41. The Morgan fingerprint density at radius 3 is 2.86 bits per heavy atom. The molecule has 2 aromatic heterocycles. The maximum absolute atomic E-state index is 12.0. The van der Waals surface area contributed by atoms with Crippen molar-refractivity contribution in [1.82, 2.24) is 10.2 Å². The van der Waals surface area contributed by atoms with Gasteiger partial charge in [-0.3, -0.25) is 10.2 Å². The minimum atomic E-state index is -0.157. The van der Waals surface area contributed by atoms with Crippen LogP contribution < -0.4 is 10.6 Å². The molecule has 2 aromatic rings. The molecule has 0 radical (unpaired) electrons. The molecule has 3 heterocycles. The molecule has 5 nitrogen and oxygen atoms in total. The van der Waals surface area contributed by atoms with Crippen LogP contribution in [-0.4, -0.2) is 43.8 Å². The molecule has 0 bridgehead atoms. The largest absolute Gasteiger partial charge is 0.379 e. The summed E-state index contributed by atoms with van der Waals surface area (Å²) in [7, 11) is 0. The van der Waals surface area contributed by atoms with E-state index in [2.05, 4.69) is 32.4 Å². The molecule has 0 saturated carbocycles. The van der Waals surface area contributed by atoms with Crippen LogP contribution in [0.1, 0.15) is 11.6 Å². The highest BCUT2D eigenvalue weighted by Crippen LogP contribution is 2.23. The van der Waals surface area contributed by atoms with E-state index in [4.69, 9.17) is 4.74 Å². The number of hydrogen-bond acceptors (Lipinski definition) is 5. The first-order valence-corrected chi connectivity index (χ1v) is 9.07. The molecule has 22 heavy (non-hydrogen) atoms. The molecular formula is C15H19N3O2S2. The van der Waals surface area contributed by atoms with Gasteiger partial charge in [-0.15, -0.1) is 11.3 Å². The lowest BCUT2D eigenvalue weighted by molar-refractivity contribution is 0.0168. The molecule has 0 aromatic carbocycles. The quantitative estimate of drug-likeness (QED) is 0.882. The maximum atomic E-state index is 12.0. The summed E-state index contributed by atoms with van der Waals surface area (Å²) in [5.41, 5.74) is 1.25. The number of morpholine rings is 1. The zero-order valence-electron chi connectivity index (χ0n) is 12.2. The summed E-state index contributed by atoms with van der Waals surface area (Å²) >= 11 is 3.20. The third-order valence-electron chi connectivity index (χ3n) is 3.63. The number of carbonyl (C=O) groups excluding carboxylic acids is 1. The van der Waals surface area contributed by atoms with Crippen molar-refractivity contribution >= 4 is 33.7 Å². The Balaban J connectivity index is 1.59. The smallest absolute Gasteiger partial charge is 0.319 e. The van der Waals surface area contributed by atoms with Crippen LogP contribution in [0.25, 0.3) is 0 Å². The van der Waals surface area contributed by atoms with Gasteiger partial charge in [-0.05, 0) is 39.9 Å². The third-order valence-corrected chi connectivity index (χ3v) is 5.12. The monoisotopic (exact) mass is 337 g/mol. The number of anilines is 1. The lowest BCUT2D eigenvalue weighted by Gasteiger charge is -2.34. The Morgan fingerprint density at radius 1 is 1.32 bits per heavy atom. The second-order valence-electron chi connectivity index (χ2n) is 5.03. The Kier molecular flexibility index (Phi) is 5.44. The molecule has 2 N–H and O–H groups in total. The fraction of sp³-hybridized carbons (Fsp3) is 0.400. The highest BCUT2D eigenvalue weighted by Gasteiger charge is 2.23. The van der Waals surface area contributed by atoms with Crippen LogP contribution in [0.3, 0.4) is 0 Å². The standard InChI is InChI=1S/C15H19N3O2S2/c19-15(17-14-2-1-8-22-14)16-10-13(12-3-9-21-11-12)18-4-6-20-7-5-18/h1-3,8-9,11,13H,4-7,10H2,(H2,16,17,19)/t13-/m0/s1. The van der Waals surface area contributed by atoms with E-state index in [1.165, 1.54) is 16.9 Å². The van der Waals surface area contributed by atoms with Crippen molar-refractivity contribution in [2.75, 3.05) is 38.2 Å². The van der Waals surface area contributed by atoms with Crippen LogP contribution in [-0.2, 0) is 4.74 Å². The van der Waals surface area contributed by atoms with E-state index in [-0.39, 0.29) is 12.1 Å². The van der Waals surface area contributed by atoms with E-state index in [1.807, 2.05) is 17.5 Å². The van der Waals surface area contributed by atoms with Gasteiger partial charge in [-0.25, -0.2) is 4.79 Å². The van der Waals surface area contributed by atoms with Crippen molar-refractivity contribution in [1.29, 1.82) is 0 Å². The molecule has 7 heteroatoms. The second-order valence-corrected chi connectivity index (χ2v) is 6.76. The summed E-state index contributed by atoms with van der Waals surface area (Å²) in [6, 6.07) is 5.98. The normalized spacial score (nSPS) is 17.1. The van der Waals surface area contributed by atoms with Gasteiger partial charge < -0.3 is 10.1 Å². The molecule has 118 valence electrons. The van der Waals surface area contributed by atoms with Crippen LogP contribution >= 0.6 is 22.7 Å². The average molecular weight is 337 g/mol. The summed E-state index contributed by atoms with van der Waals surface area (Å²) in [6.45, 7) is 3.89. The van der Waals surface area contributed by atoms with Crippen LogP contribution in [0, 0.1) is 0 Å². The topological polar surface area (TPSA) is 53.6 Å². The number of urea groups is 1. The van der Waals surface area contributed by atoms with Gasteiger partial charge in [-0.1, -0.05) is 0 Å².